The van der Waals surface area contributed by atoms with Crippen LogP contribution in [0.15, 0.2) is 47.5 Å². The highest BCUT2D eigenvalue weighted by molar-refractivity contribution is 6.30. The third-order valence-corrected chi connectivity index (χ3v) is 3.51. The van der Waals surface area contributed by atoms with E-state index >= 15 is 0 Å². The lowest BCUT2D eigenvalue weighted by Crippen LogP contribution is -2.21. The number of anilines is 1. The summed E-state index contributed by atoms with van der Waals surface area (Å²) in [4.78, 5) is 16.6. The SMILES string of the molecule is Nc1ccc2ncn(Cc3cccc(Cl)c3F)c(=O)c2c1. The quantitative estimate of drug-likeness (QED) is 0.741. The third kappa shape index (κ3) is 2.48. The van der Waals surface area contributed by atoms with Crippen molar-refractivity contribution in [1.29, 1.82) is 0 Å². The second-order valence-electron chi connectivity index (χ2n) is 4.67. The molecule has 6 heteroatoms. The zero-order chi connectivity index (χ0) is 15.0. The number of nitrogens with zero attached hydrogens (tertiary/aromatic N) is 2. The molecule has 0 aliphatic rings. The molecule has 0 spiro atoms. The van der Waals surface area contributed by atoms with E-state index in [2.05, 4.69) is 4.98 Å². The highest BCUT2D eigenvalue weighted by Crippen LogP contribution is 2.18. The van der Waals surface area contributed by atoms with Gasteiger partial charge in [-0.1, -0.05) is 23.7 Å². The maximum absolute atomic E-state index is 13.9. The topological polar surface area (TPSA) is 60.9 Å². The Bertz CT molecular complexity index is 892. The van der Waals surface area contributed by atoms with E-state index in [1.54, 1.807) is 30.3 Å². The van der Waals surface area contributed by atoms with Gasteiger partial charge in [0.05, 0.1) is 28.8 Å². The van der Waals surface area contributed by atoms with Crippen LogP contribution in [0.3, 0.4) is 0 Å². The van der Waals surface area contributed by atoms with E-state index in [0.717, 1.165) is 0 Å². The van der Waals surface area contributed by atoms with Gasteiger partial charge in [-0.2, -0.15) is 0 Å². The van der Waals surface area contributed by atoms with Crippen LogP contribution in [0, 0.1) is 5.82 Å². The van der Waals surface area contributed by atoms with Gasteiger partial charge in [-0.3, -0.25) is 9.36 Å². The van der Waals surface area contributed by atoms with Crippen LogP contribution in [0.25, 0.3) is 10.9 Å². The lowest BCUT2D eigenvalue weighted by atomic mass is 10.2. The molecule has 3 rings (SSSR count). The molecule has 3 aromatic rings. The fourth-order valence-corrected chi connectivity index (χ4v) is 2.34. The van der Waals surface area contributed by atoms with Gasteiger partial charge in [-0.25, -0.2) is 9.37 Å². The van der Waals surface area contributed by atoms with Gasteiger partial charge in [0.15, 0.2) is 0 Å². The number of nitrogens with two attached hydrogens (primary N) is 1. The molecule has 0 aliphatic carbocycles. The van der Waals surface area contributed by atoms with Gasteiger partial charge in [0.1, 0.15) is 5.82 Å². The molecule has 21 heavy (non-hydrogen) atoms. The van der Waals surface area contributed by atoms with Gasteiger partial charge >= 0.3 is 0 Å². The summed E-state index contributed by atoms with van der Waals surface area (Å²) in [5.41, 5.74) is 6.78. The molecule has 0 amide bonds. The van der Waals surface area contributed by atoms with Gasteiger partial charge in [-0.05, 0) is 24.3 Å². The Kier molecular flexibility index (Phi) is 3.35. The predicted molar refractivity (Wildman–Crippen MR) is 80.9 cm³/mol. The summed E-state index contributed by atoms with van der Waals surface area (Å²) < 4.78 is 15.2. The lowest BCUT2D eigenvalue weighted by molar-refractivity contribution is 0.596. The Labute approximate surface area is 124 Å². The Hall–Kier alpha value is -2.40. The maximum atomic E-state index is 13.9. The van der Waals surface area contributed by atoms with E-state index in [9.17, 15) is 9.18 Å². The minimum absolute atomic E-state index is 0.0264. The smallest absolute Gasteiger partial charge is 0.261 e. The fraction of sp³-hybridized carbons (Fsp3) is 0.0667. The van der Waals surface area contributed by atoms with Gasteiger partial charge < -0.3 is 5.73 Å². The summed E-state index contributed by atoms with van der Waals surface area (Å²) in [6.07, 6.45) is 1.39. The van der Waals surface area contributed by atoms with Crippen LogP contribution in [0.2, 0.25) is 5.02 Å². The monoisotopic (exact) mass is 303 g/mol. The molecule has 0 unspecified atom stereocenters. The number of rotatable bonds is 2. The van der Waals surface area contributed by atoms with Crippen molar-refractivity contribution in [1.82, 2.24) is 9.55 Å². The second kappa shape index (κ2) is 5.18. The van der Waals surface area contributed by atoms with Crippen molar-refractivity contribution in [2.75, 3.05) is 5.73 Å². The van der Waals surface area contributed by atoms with E-state index < -0.39 is 5.82 Å². The maximum Gasteiger partial charge on any atom is 0.261 e. The van der Waals surface area contributed by atoms with E-state index in [4.69, 9.17) is 17.3 Å². The highest BCUT2D eigenvalue weighted by atomic mass is 35.5. The van der Waals surface area contributed by atoms with Crippen LogP contribution in [-0.2, 0) is 6.54 Å². The molecule has 4 nitrogen and oxygen atoms in total. The number of benzene rings is 2. The Balaban J connectivity index is 2.11. The first kappa shape index (κ1) is 13.6. The van der Waals surface area contributed by atoms with E-state index in [0.29, 0.717) is 22.2 Å². The molecular weight excluding hydrogens is 293 g/mol. The number of fused-ring (bicyclic) bond motifs is 1. The molecular formula is C15H11ClFN3O. The highest BCUT2D eigenvalue weighted by Gasteiger charge is 2.09. The van der Waals surface area contributed by atoms with Crippen molar-refractivity contribution in [3.63, 3.8) is 0 Å². The molecule has 2 aromatic carbocycles. The summed E-state index contributed by atoms with van der Waals surface area (Å²) >= 11 is 5.74. The summed E-state index contributed by atoms with van der Waals surface area (Å²) in [7, 11) is 0. The van der Waals surface area contributed by atoms with Crippen molar-refractivity contribution in [3.8, 4) is 0 Å². The van der Waals surface area contributed by atoms with E-state index in [1.807, 2.05) is 0 Å². The second-order valence-corrected chi connectivity index (χ2v) is 5.07. The molecule has 0 fully saturated rings. The molecule has 0 saturated heterocycles. The number of halogens is 2. The predicted octanol–water partition coefficient (Wildman–Crippen LogP) is 2.82. The Morgan fingerprint density at radius 3 is 2.90 bits per heavy atom. The first-order valence-corrected chi connectivity index (χ1v) is 6.61. The molecule has 0 radical (unpaired) electrons. The minimum Gasteiger partial charge on any atom is -0.399 e. The minimum atomic E-state index is -0.529. The van der Waals surface area contributed by atoms with Gasteiger partial charge in [0.25, 0.3) is 5.56 Å². The van der Waals surface area contributed by atoms with E-state index in [1.165, 1.54) is 17.0 Å². The van der Waals surface area contributed by atoms with Crippen LogP contribution in [0.5, 0.6) is 0 Å². The number of aromatic nitrogens is 2. The van der Waals surface area contributed by atoms with Gasteiger partial charge in [-0.15, -0.1) is 0 Å². The molecule has 0 aliphatic heterocycles. The summed E-state index contributed by atoms with van der Waals surface area (Å²) in [6, 6.07) is 9.60. The van der Waals surface area contributed by atoms with Crippen LogP contribution in [0.1, 0.15) is 5.56 Å². The zero-order valence-corrected chi connectivity index (χ0v) is 11.6. The molecule has 1 aromatic heterocycles. The van der Waals surface area contributed by atoms with Crippen LogP contribution < -0.4 is 11.3 Å². The third-order valence-electron chi connectivity index (χ3n) is 3.22. The van der Waals surface area contributed by atoms with Gasteiger partial charge in [0.2, 0.25) is 0 Å². The van der Waals surface area contributed by atoms with Crippen LogP contribution >= 0.6 is 11.6 Å². The van der Waals surface area contributed by atoms with Crippen molar-refractivity contribution >= 4 is 28.2 Å². The molecule has 0 atom stereocenters. The normalized spacial score (nSPS) is 11.0. The zero-order valence-electron chi connectivity index (χ0n) is 10.9. The molecule has 0 bridgehead atoms. The van der Waals surface area contributed by atoms with Crippen molar-refractivity contribution < 1.29 is 4.39 Å². The molecule has 1 heterocycles. The number of hydrogen-bond donors (Lipinski definition) is 1. The first-order chi connectivity index (χ1) is 10.1. The van der Waals surface area contributed by atoms with Crippen molar-refractivity contribution in [2.45, 2.75) is 6.54 Å². The summed E-state index contributed by atoms with van der Waals surface area (Å²) in [6.45, 7) is 0.0585. The average Bonchev–Trinajstić information content (AvgIpc) is 2.47. The summed E-state index contributed by atoms with van der Waals surface area (Å²) in [5.74, 6) is -0.529. The molecule has 0 saturated carbocycles. The lowest BCUT2D eigenvalue weighted by Gasteiger charge is -2.08. The Morgan fingerprint density at radius 1 is 1.29 bits per heavy atom. The van der Waals surface area contributed by atoms with Crippen LogP contribution in [0.4, 0.5) is 10.1 Å². The average molecular weight is 304 g/mol. The molecule has 106 valence electrons. The number of hydrogen-bond acceptors (Lipinski definition) is 3. The standard InChI is InChI=1S/C15H11ClFN3O/c16-12-3-1-2-9(14(12)17)7-20-8-19-13-5-4-10(18)6-11(13)15(20)21/h1-6,8H,7,18H2. The van der Waals surface area contributed by atoms with Crippen molar-refractivity contribution in [2.24, 2.45) is 0 Å². The summed E-state index contributed by atoms with van der Waals surface area (Å²) in [5, 5.41) is 0.429. The number of nitrogen functional groups attached to an aromatic ring is 1. The van der Waals surface area contributed by atoms with Gasteiger partial charge in [0, 0.05) is 11.3 Å². The first-order valence-electron chi connectivity index (χ1n) is 6.24. The van der Waals surface area contributed by atoms with Crippen LogP contribution in [-0.4, -0.2) is 9.55 Å². The fourth-order valence-electron chi connectivity index (χ4n) is 2.14. The molecule has 2 N–H and O–H groups in total. The Morgan fingerprint density at radius 2 is 2.10 bits per heavy atom. The van der Waals surface area contributed by atoms with E-state index in [-0.39, 0.29) is 17.1 Å². The van der Waals surface area contributed by atoms with Crippen molar-refractivity contribution in [3.05, 3.63) is 69.5 Å². The largest absolute Gasteiger partial charge is 0.399 e.